The van der Waals surface area contributed by atoms with E-state index < -0.39 is 0 Å². The van der Waals surface area contributed by atoms with Crippen LogP contribution in [0.1, 0.15) is 58.6 Å². The molecule has 1 aromatic rings. The summed E-state index contributed by atoms with van der Waals surface area (Å²) in [5.74, 6) is 0. The van der Waals surface area contributed by atoms with Crippen molar-refractivity contribution in [3.8, 4) is 0 Å². The molecule has 0 saturated heterocycles. The molecule has 3 rings (SSSR count). The van der Waals surface area contributed by atoms with Crippen LogP contribution in [-0.2, 0) is 11.8 Å². The topological polar surface area (TPSA) is 17.1 Å². The summed E-state index contributed by atoms with van der Waals surface area (Å²) in [6.45, 7) is 0. The Hall–Kier alpha value is -0.630. The van der Waals surface area contributed by atoms with Crippen LogP contribution in [0.15, 0.2) is 6.07 Å². The molecule has 0 amide bonds. The summed E-state index contributed by atoms with van der Waals surface area (Å²) in [5, 5.41) is 0. The van der Waals surface area contributed by atoms with Gasteiger partial charge in [0.1, 0.15) is 0 Å². The molecular formula is C13H16OS. The Balaban J connectivity index is 2.08. The number of hydrogen-bond acceptors (Lipinski definition) is 2. The molecule has 1 heterocycles. The minimum absolute atomic E-state index is 0.486. The van der Waals surface area contributed by atoms with Crippen LogP contribution in [0, 0.1) is 0 Å². The first kappa shape index (κ1) is 9.59. The summed E-state index contributed by atoms with van der Waals surface area (Å²) < 4.78 is 0. The summed E-state index contributed by atoms with van der Waals surface area (Å²) in [4.78, 5) is 13.3. The Labute approximate surface area is 94.5 Å². The fourth-order valence-corrected chi connectivity index (χ4v) is 4.70. The minimum Gasteiger partial charge on any atom is -0.297 e. The number of carbonyl (C=O) groups is 1. The molecular weight excluding hydrogens is 204 g/mol. The second kappa shape index (κ2) is 3.44. The van der Waals surface area contributed by atoms with Gasteiger partial charge in [0.2, 0.25) is 0 Å². The monoisotopic (exact) mass is 220 g/mol. The standard InChI is InChI=1S/C13H16OS/c14-9-11-8-10-4-3-7-13(12(10)15-11)5-1-2-6-13/h8-9H,1-7H2. The lowest BCUT2D eigenvalue weighted by Gasteiger charge is -2.33. The molecule has 0 unspecified atom stereocenters. The quantitative estimate of drug-likeness (QED) is 0.659. The summed E-state index contributed by atoms with van der Waals surface area (Å²) in [6, 6.07) is 2.13. The highest BCUT2D eigenvalue weighted by atomic mass is 32.1. The number of aryl methyl sites for hydroxylation is 1. The van der Waals surface area contributed by atoms with Gasteiger partial charge in [-0.1, -0.05) is 12.8 Å². The molecule has 2 heteroatoms. The van der Waals surface area contributed by atoms with Crippen molar-refractivity contribution in [3.05, 3.63) is 21.4 Å². The van der Waals surface area contributed by atoms with Crippen molar-refractivity contribution in [3.63, 3.8) is 0 Å². The van der Waals surface area contributed by atoms with E-state index in [-0.39, 0.29) is 0 Å². The van der Waals surface area contributed by atoms with Gasteiger partial charge in [0.15, 0.2) is 6.29 Å². The Kier molecular flexibility index (Phi) is 2.20. The fourth-order valence-electron chi connectivity index (χ4n) is 3.40. The molecule has 2 aliphatic carbocycles. The first-order valence-electron chi connectivity index (χ1n) is 5.92. The zero-order valence-electron chi connectivity index (χ0n) is 8.92. The molecule has 1 nitrogen and oxygen atoms in total. The summed E-state index contributed by atoms with van der Waals surface area (Å²) in [7, 11) is 0. The van der Waals surface area contributed by atoms with Crippen molar-refractivity contribution >= 4 is 17.6 Å². The van der Waals surface area contributed by atoms with Gasteiger partial charge in [-0.25, -0.2) is 0 Å². The number of hydrogen-bond donors (Lipinski definition) is 0. The van der Waals surface area contributed by atoms with Gasteiger partial charge in [0.25, 0.3) is 0 Å². The van der Waals surface area contributed by atoms with Crippen LogP contribution in [0.4, 0.5) is 0 Å². The predicted octanol–water partition coefficient (Wildman–Crippen LogP) is 3.71. The maximum Gasteiger partial charge on any atom is 0.160 e. The van der Waals surface area contributed by atoms with Gasteiger partial charge in [-0.2, -0.15) is 0 Å². The molecule has 1 fully saturated rings. The lowest BCUT2D eigenvalue weighted by Crippen LogP contribution is -2.25. The molecule has 1 saturated carbocycles. The first-order valence-corrected chi connectivity index (χ1v) is 6.74. The van der Waals surface area contributed by atoms with E-state index in [1.54, 1.807) is 16.2 Å². The van der Waals surface area contributed by atoms with Crippen molar-refractivity contribution in [2.75, 3.05) is 0 Å². The average molecular weight is 220 g/mol. The number of carbonyl (C=O) groups excluding carboxylic acids is 1. The van der Waals surface area contributed by atoms with E-state index in [0.29, 0.717) is 5.41 Å². The van der Waals surface area contributed by atoms with Gasteiger partial charge in [-0.3, -0.25) is 4.79 Å². The maximum atomic E-state index is 10.8. The Morgan fingerprint density at radius 3 is 2.67 bits per heavy atom. The van der Waals surface area contributed by atoms with Crippen molar-refractivity contribution in [1.82, 2.24) is 0 Å². The Morgan fingerprint density at radius 2 is 1.93 bits per heavy atom. The molecule has 0 N–H and O–H groups in total. The molecule has 15 heavy (non-hydrogen) atoms. The second-order valence-electron chi connectivity index (χ2n) is 4.96. The fraction of sp³-hybridized carbons (Fsp3) is 0.615. The van der Waals surface area contributed by atoms with Crippen molar-refractivity contribution in [2.24, 2.45) is 0 Å². The van der Waals surface area contributed by atoms with Crippen LogP contribution in [0.25, 0.3) is 0 Å². The number of aldehydes is 1. The van der Waals surface area contributed by atoms with Crippen molar-refractivity contribution in [2.45, 2.75) is 50.4 Å². The van der Waals surface area contributed by atoms with Gasteiger partial charge in [0, 0.05) is 10.3 Å². The largest absolute Gasteiger partial charge is 0.297 e. The zero-order chi connectivity index (χ0) is 10.3. The minimum atomic E-state index is 0.486. The van der Waals surface area contributed by atoms with E-state index in [1.165, 1.54) is 50.5 Å². The highest BCUT2D eigenvalue weighted by molar-refractivity contribution is 7.14. The molecule has 1 aromatic heterocycles. The highest BCUT2D eigenvalue weighted by Gasteiger charge is 2.40. The van der Waals surface area contributed by atoms with E-state index in [9.17, 15) is 4.79 Å². The normalized spacial score (nSPS) is 22.9. The van der Waals surface area contributed by atoms with E-state index in [4.69, 9.17) is 0 Å². The lowest BCUT2D eigenvalue weighted by molar-refractivity contribution is 0.112. The number of rotatable bonds is 1. The predicted molar refractivity (Wildman–Crippen MR) is 62.8 cm³/mol. The van der Waals surface area contributed by atoms with Crippen LogP contribution >= 0.6 is 11.3 Å². The summed E-state index contributed by atoms with van der Waals surface area (Å²) in [6.07, 6.45) is 10.4. The molecule has 1 spiro atoms. The van der Waals surface area contributed by atoms with E-state index in [1.807, 2.05) is 0 Å². The van der Waals surface area contributed by atoms with Gasteiger partial charge < -0.3 is 0 Å². The summed E-state index contributed by atoms with van der Waals surface area (Å²) >= 11 is 1.76. The van der Waals surface area contributed by atoms with E-state index in [2.05, 4.69) is 6.07 Å². The number of fused-ring (bicyclic) bond motifs is 2. The molecule has 0 atom stereocenters. The lowest BCUT2D eigenvalue weighted by atomic mass is 9.74. The van der Waals surface area contributed by atoms with Crippen molar-refractivity contribution in [1.29, 1.82) is 0 Å². The molecule has 0 radical (unpaired) electrons. The van der Waals surface area contributed by atoms with Gasteiger partial charge in [-0.05, 0) is 43.7 Å². The van der Waals surface area contributed by atoms with Crippen LogP contribution in [0.3, 0.4) is 0 Å². The first-order chi connectivity index (χ1) is 7.34. The molecule has 0 bridgehead atoms. The third-order valence-corrected chi connectivity index (χ3v) is 5.44. The third-order valence-electron chi connectivity index (χ3n) is 4.09. The average Bonchev–Trinajstić information content (AvgIpc) is 2.86. The smallest absolute Gasteiger partial charge is 0.160 e. The van der Waals surface area contributed by atoms with Crippen molar-refractivity contribution < 1.29 is 4.79 Å². The van der Waals surface area contributed by atoms with Crippen LogP contribution in [0.5, 0.6) is 0 Å². The Bertz CT molecular complexity index is 385. The molecule has 80 valence electrons. The highest BCUT2D eigenvalue weighted by Crippen LogP contribution is 2.51. The third kappa shape index (κ3) is 1.38. The summed E-state index contributed by atoms with van der Waals surface area (Å²) in [5.41, 5.74) is 1.97. The van der Waals surface area contributed by atoms with Crippen LogP contribution in [0.2, 0.25) is 0 Å². The van der Waals surface area contributed by atoms with Gasteiger partial charge in [0.05, 0.1) is 4.88 Å². The van der Waals surface area contributed by atoms with Gasteiger partial charge >= 0.3 is 0 Å². The molecule has 0 aromatic carbocycles. The number of thiophene rings is 1. The van der Waals surface area contributed by atoms with Gasteiger partial charge in [-0.15, -0.1) is 11.3 Å². The van der Waals surface area contributed by atoms with Crippen LogP contribution < -0.4 is 0 Å². The molecule has 0 aliphatic heterocycles. The van der Waals surface area contributed by atoms with E-state index in [0.717, 1.165) is 11.2 Å². The maximum absolute atomic E-state index is 10.8. The SMILES string of the molecule is O=Cc1cc2c(s1)C1(CCCC1)CCC2. The Morgan fingerprint density at radius 1 is 1.20 bits per heavy atom. The van der Waals surface area contributed by atoms with E-state index >= 15 is 0 Å². The molecule has 2 aliphatic rings. The zero-order valence-corrected chi connectivity index (χ0v) is 9.74. The second-order valence-corrected chi connectivity index (χ2v) is 6.05. The van der Waals surface area contributed by atoms with Crippen LogP contribution in [-0.4, -0.2) is 6.29 Å².